The first-order valence-electron chi connectivity index (χ1n) is 6.94. The number of ether oxygens (including phenoxy) is 2. The van der Waals surface area contributed by atoms with Crippen LogP contribution in [0.5, 0.6) is 11.5 Å². The van der Waals surface area contributed by atoms with Crippen LogP contribution in [0.1, 0.15) is 31.9 Å². The summed E-state index contributed by atoms with van der Waals surface area (Å²) in [7, 11) is 0. The number of fused-ring (bicyclic) bond motifs is 1. The van der Waals surface area contributed by atoms with Crippen molar-refractivity contribution in [3.05, 3.63) is 23.8 Å². The molecule has 0 fully saturated rings. The second-order valence-electron chi connectivity index (χ2n) is 4.86. The van der Waals surface area contributed by atoms with E-state index in [1.54, 1.807) is 18.2 Å². The zero-order chi connectivity index (χ0) is 15.4. The monoisotopic (exact) mass is 293 g/mol. The number of carbonyl (C=O) groups excluding carboxylic acids is 1. The molecule has 1 aliphatic rings. The largest absolute Gasteiger partial charge is 0.486 e. The van der Waals surface area contributed by atoms with E-state index >= 15 is 0 Å². The van der Waals surface area contributed by atoms with Gasteiger partial charge in [0.15, 0.2) is 17.5 Å². The van der Waals surface area contributed by atoms with E-state index in [4.69, 9.17) is 9.47 Å². The smallest absolute Gasteiger partial charge is 0.331 e. The summed E-state index contributed by atoms with van der Waals surface area (Å²) < 4.78 is 10.9. The molecule has 1 atom stereocenters. The van der Waals surface area contributed by atoms with Gasteiger partial charge in [0.1, 0.15) is 13.2 Å². The van der Waals surface area contributed by atoms with Crippen LogP contribution in [0.25, 0.3) is 0 Å². The van der Waals surface area contributed by atoms with Crippen molar-refractivity contribution in [3.63, 3.8) is 0 Å². The van der Waals surface area contributed by atoms with Gasteiger partial charge in [0.25, 0.3) is 0 Å². The number of hydrogen-bond donors (Lipinski definition) is 1. The van der Waals surface area contributed by atoms with E-state index in [9.17, 15) is 14.7 Å². The van der Waals surface area contributed by atoms with Gasteiger partial charge >= 0.3 is 5.97 Å². The second-order valence-corrected chi connectivity index (χ2v) is 4.86. The molecule has 1 aromatic rings. The maximum atomic E-state index is 11.7. The molecular formula is C15H19NO5. The highest BCUT2D eigenvalue weighted by Crippen LogP contribution is 2.34. The molecule has 1 unspecified atom stereocenters. The molecular weight excluding hydrogens is 274 g/mol. The third kappa shape index (κ3) is 3.26. The average molecular weight is 293 g/mol. The summed E-state index contributed by atoms with van der Waals surface area (Å²) in [5, 5.41) is 9.51. The summed E-state index contributed by atoms with van der Waals surface area (Å²) in [6.45, 7) is 4.58. The van der Waals surface area contributed by atoms with Crippen molar-refractivity contribution >= 4 is 11.9 Å². The van der Waals surface area contributed by atoms with Gasteiger partial charge in [-0.25, -0.2) is 4.79 Å². The summed E-state index contributed by atoms with van der Waals surface area (Å²) in [5.41, 5.74) is 0.510. The Morgan fingerprint density at radius 1 is 1.29 bits per heavy atom. The minimum Gasteiger partial charge on any atom is -0.486 e. The molecule has 2 rings (SSSR count). The van der Waals surface area contributed by atoms with Gasteiger partial charge in [-0.15, -0.1) is 0 Å². The molecule has 6 heteroatoms. The van der Waals surface area contributed by atoms with Gasteiger partial charge in [0.2, 0.25) is 5.91 Å². The third-order valence-electron chi connectivity index (χ3n) is 3.30. The summed E-state index contributed by atoms with van der Waals surface area (Å²) in [6.07, 6.45) is 0.688. The highest BCUT2D eigenvalue weighted by Gasteiger charge is 2.30. The summed E-state index contributed by atoms with van der Waals surface area (Å²) in [5.74, 6) is -0.210. The van der Waals surface area contributed by atoms with E-state index in [2.05, 4.69) is 0 Å². The van der Waals surface area contributed by atoms with Gasteiger partial charge in [0.05, 0.1) is 0 Å². The van der Waals surface area contributed by atoms with Crippen LogP contribution in [-0.4, -0.2) is 41.6 Å². The van der Waals surface area contributed by atoms with Crippen LogP contribution in [0.4, 0.5) is 0 Å². The average Bonchev–Trinajstić information content (AvgIpc) is 2.46. The van der Waals surface area contributed by atoms with E-state index < -0.39 is 12.0 Å². The fourth-order valence-corrected chi connectivity index (χ4v) is 2.40. The summed E-state index contributed by atoms with van der Waals surface area (Å²) >= 11 is 0. The Labute approximate surface area is 123 Å². The van der Waals surface area contributed by atoms with E-state index in [0.29, 0.717) is 43.2 Å². The maximum Gasteiger partial charge on any atom is 0.331 e. The fourth-order valence-electron chi connectivity index (χ4n) is 2.40. The quantitative estimate of drug-likeness (QED) is 0.896. The zero-order valence-electron chi connectivity index (χ0n) is 12.2. The lowest BCUT2D eigenvalue weighted by Crippen LogP contribution is -2.38. The molecule has 21 heavy (non-hydrogen) atoms. The molecule has 1 aromatic carbocycles. The van der Waals surface area contributed by atoms with E-state index in [1.807, 2.05) is 6.92 Å². The van der Waals surface area contributed by atoms with Gasteiger partial charge in [-0.2, -0.15) is 0 Å². The van der Waals surface area contributed by atoms with E-state index in [1.165, 1.54) is 11.8 Å². The number of carboxylic acids is 1. The number of amides is 1. The van der Waals surface area contributed by atoms with Crippen molar-refractivity contribution in [3.8, 4) is 11.5 Å². The van der Waals surface area contributed by atoms with Crippen LogP contribution in [0.15, 0.2) is 18.2 Å². The molecule has 0 saturated carbocycles. The second kappa shape index (κ2) is 6.47. The molecule has 1 amide bonds. The van der Waals surface area contributed by atoms with Crippen LogP contribution in [0, 0.1) is 0 Å². The Morgan fingerprint density at radius 3 is 2.52 bits per heavy atom. The third-order valence-corrected chi connectivity index (χ3v) is 3.30. The van der Waals surface area contributed by atoms with Crippen molar-refractivity contribution in [2.75, 3.05) is 19.8 Å². The summed E-state index contributed by atoms with van der Waals surface area (Å²) in [6, 6.07) is 3.97. The Balaban J connectivity index is 2.37. The number of carbonyl (C=O) groups is 2. The van der Waals surface area contributed by atoms with E-state index in [0.717, 1.165) is 0 Å². The number of aliphatic carboxylic acids is 1. The molecule has 6 nitrogen and oxygen atoms in total. The first-order valence-corrected chi connectivity index (χ1v) is 6.94. The van der Waals surface area contributed by atoms with Crippen molar-refractivity contribution < 1.29 is 24.2 Å². The first kappa shape index (κ1) is 15.2. The minimum absolute atomic E-state index is 0.265. The first-order chi connectivity index (χ1) is 10.0. The predicted octanol–water partition coefficient (Wildman–Crippen LogP) is 1.84. The molecule has 0 bridgehead atoms. The van der Waals surface area contributed by atoms with Crippen LogP contribution >= 0.6 is 0 Å². The van der Waals surface area contributed by atoms with Crippen molar-refractivity contribution in [2.24, 2.45) is 0 Å². The predicted molar refractivity (Wildman–Crippen MR) is 75.5 cm³/mol. The van der Waals surface area contributed by atoms with Crippen LogP contribution in [0.3, 0.4) is 0 Å². The molecule has 0 radical (unpaired) electrons. The van der Waals surface area contributed by atoms with Gasteiger partial charge < -0.3 is 19.5 Å². The lowest BCUT2D eigenvalue weighted by Gasteiger charge is -2.29. The van der Waals surface area contributed by atoms with Gasteiger partial charge in [-0.1, -0.05) is 13.0 Å². The Kier molecular flexibility index (Phi) is 4.67. The van der Waals surface area contributed by atoms with Gasteiger partial charge in [-0.05, 0) is 24.1 Å². The maximum absolute atomic E-state index is 11.7. The van der Waals surface area contributed by atoms with Crippen LogP contribution in [-0.2, 0) is 9.59 Å². The molecule has 0 saturated heterocycles. The normalized spacial score (nSPS) is 14.4. The summed E-state index contributed by atoms with van der Waals surface area (Å²) in [4.78, 5) is 24.7. The molecule has 1 aliphatic heterocycles. The Hall–Kier alpha value is -2.24. The Morgan fingerprint density at radius 2 is 1.95 bits per heavy atom. The lowest BCUT2D eigenvalue weighted by atomic mass is 10.0. The molecule has 0 aliphatic carbocycles. The number of hydrogen-bond acceptors (Lipinski definition) is 4. The number of carboxylic acid groups (broad SMARTS) is 1. The SMILES string of the molecule is CCCN(C(C)=O)C(C(=O)O)c1ccc2c(c1)OCCO2. The number of rotatable bonds is 5. The van der Waals surface area contributed by atoms with Gasteiger partial charge in [-0.3, -0.25) is 4.79 Å². The molecule has 0 spiro atoms. The lowest BCUT2D eigenvalue weighted by molar-refractivity contribution is -0.149. The van der Waals surface area contributed by atoms with Crippen molar-refractivity contribution in [1.29, 1.82) is 0 Å². The van der Waals surface area contributed by atoms with Crippen molar-refractivity contribution in [1.82, 2.24) is 4.90 Å². The van der Waals surface area contributed by atoms with Crippen LogP contribution < -0.4 is 9.47 Å². The highest BCUT2D eigenvalue weighted by atomic mass is 16.6. The minimum atomic E-state index is -1.06. The molecule has 0 aromatic heterocycles. The Bertz CT molecular complexity index is 543. The highest BCUT2D eigenvalue weighted by molar-refractivity contribution is 5.83. The zero-order valence-corrected chi connectivity index (χ0v) is 12.2. The number of benzene rings is 1. The standard InChI is InChI=1S/C15H19NO5/c1-3-6-16(10(2)17)14(15(18)19)11-4-5-12-13(9-11)21-8-7-20-12/h4-5,9,14H,3,6-8H2,1-2H3,(H,18,19). The number of nitrogens with zero attached hydrogens (tertiary/aromatic N) is 1. The molecule has 1 heterocycles. The van der Waals surface area contributed by atoms with Gasteiger partial charge in [0, 0.05) is 13.5 Å². The molecule has 114 valence electrons. The van der Waals surface area contributed by atoms with Crippen LogP contribution in [0.2, 0.25) is 0 Å². The van der Waals surface area contributed by atoms with Crippen molar-refractivity contribution in [2.45, 2.75) is 26.3 Å². The topological polar surface area (TPSA) is 76.1 Å². The molecule has 1 N–H and O–H groups in total. The fraction of sp³-hybridized carbons (Fsp3) is 0.467. The van der Waals surface area contributed by atoms with E-state index in [-0.39, 0.29) is 5.91 Å².